The van der Waals surface area contributed by atoms with Gasteiger partial charge in [0.25, 0.3) is 17.7 Å². The van der Waals surface area contributed by atoms with Gasteiger partial charge in [0.1, 0.15) is 31.2 Å². The van der Waals surface area contributed by atoms with E-state index in [9.17, 15) is 33.9 Å². The van der Waals surface area contributed by atoms with E-state index in [1.165, 1.54) is 24.4 Å². The van der Waals surface area contributed by atoms with Crippen molar-refractivity contribution in [1.29, 1.82) is 0 Å². The second-order valence-corrected chi connectivity index (χ2v) is 9.47. The van der Waals surface area contributed by atoms with Crippen molar-refractivity contribution < 1.29 is 39.0 Å². The van der Waals surface area contributed by atoms with Crippen molar-refractivity contribution in [2.45, 2.75) is 18.5 Å². The standard InChI is InChI=1S/C27H24ClN5O8/c28-16-5-6-20-21(9-16)32(23(37)14-35)11-19(27(41)33(20)12-22(36)30-17(13-34)10-24(38)39)31-26(40)25-18-4-2-1-3-15(18)7-8-29-25/h1-9,13,17,19,35H,10-12,14H2,(H,30,36)(H,31,40)(H,38,39)/t17-,19-/m0/s1. The van der Waals surface area contributed by atoms with Crippen molar-refractivity contribution in [3.05, 3.63) is 65.4 Å². The van der Waals surface area contributed by atoms with Crippen LogP contribution in [-0.2, 0) is 24.0 Å². The summed E-state index contributed by atoms with van der Waals surface area (Å²) in [6.45, 7) is -2.05. The van der Waals surface area contributed by atoms with Crippen molar-refractivity contribution in [2.75, 3.05) is 29.5 Å². The summed E-state index contributed by atoms with van der Waals surface area (Å²) in [5.41, 5.74) is 0.153. The fourth-order valence-corrected chi connectivity index (χ4v) is 4.61. The van der Waals surface area contributed by atoms with E-state index in [0.717, 1.165) is 15.2 Å². The van der Waals surface area contributed by atoms with Crippen LogP contribution in [0.25, 0.3) is 10.8 Å². The molecule has 4 amide bonds. The zero-order valence-corrected chi connectivity index (χ0v) is 22.1. The number of pyridine rings is 1. The number of fused-ring (bicyclic) bond motifs is 2. The molecule has 3 aromatic rings. The first-order chi connectivity index (χ1) is 19.6. The molecule has 2 heterocycles. The molecule has 0 saturated carbocycles. The van der Waals surface area contributed by atoms with Gasteiger partial charge in [0, 0.05) is 16.6 Å². The van der Waals surface area contributed by atoms with Crippen LogP contribution in [-0.4, -0.2) is 82.9 Å². The van der Waals surface area contributed by atoms with Gasteiger partial charge in [-0.05, 0) is 29.7 Å². The lowest BCUT2D eigenvalue weighted by Gasteiger charge is -2.25. The Bertz CT molecular complexity index is 1540. The van der Waals surface area contributed by atoms with Gasteiger partial charge in [-0.2, -0.15) is 0 Å². The number of aliphatic hydroxyl groups excluding tert-OH is 1. The highest BCUT2D eigenvalue weighted by atomic mass is 35.5. The first kappa shape index (κ1) is 29.1. The third kappa shape index (κ3) is 6.48. The zero-order valence-electron chi connectivity index (χ0n) is 21.3. The normalized spacial score (nSPS) is 15.5. The molecule has 0 radical (unpaired) electrons. The lowest BCUT2D eigenvalue weighted by Crippen LogP contribution is -2.55. The number of aromatic nitrogens is 1. The van der Waals surface area contributed by atoms with Gasteiger partial charge >= 0.3 is 5.97 Å². The molecule has 4 N–H and O–H groups in total. The highest BCUT2D eigenvalue weighted by Crippen LogP contribution is 2.35. The third-order valence-corrected chi connectivity index (χ3v) is 6.52. The van der Waals surface area contributed by atoms with E-state index in [-0.39, 0.29) is 28.4 Å². The lowest BCUT2D eigenvalue weighted by molar-refractivity contribution is -0.139. The molecule has 0 saturated heterocycles. The van der Waals surface area contributed by atoms with Crippen molar-refractivity contribution in [1.82, 2.24) is 15.6 Å². The predicted molar refractivity (Wildman–Crippen MR) is 146 cm³/mol. The average Bonchev–Trinajstić information content (AvgIpc) is 3.06. The van der Waals surface area contributed by atoms with Crippen LogP contribution < -0.4 is 20.4 Å². The number of nitrogens with one attached hydrogen (secondary N) is 2. The number of rotatable bonds is 9. The maximum Gasteiger partial charge on any atom is 0.305 e. The molecule has 0 spiro atoms. The second kappa shape index (κ2) is 12.5. The molecule has 13 nitrogen and oxygen atoms in total. The molecule has 14 heteroatoms. The number of hydrogen-bond donors (Lipinski definition) is 4. The number of carboxylic acids is 1. The number of aldehydes is 1. The summed E-state index contributed by atoms with van der Waals surface area (Å²) in [6, 6.07) is 10.1. The van der Waals surface area contributed by atoms with Crippen molar-refractivity contribution >= 4 is 69.6 Å². The quantitative estimate of drug-likeness (QED) is 0.261. The van der Waals surface area contributed by atoms with E-state index in [4.69, 9.17) is 16.7 Å². The summed E-state index contributed by atoms with van der Waals surface area (Å²) in [7, 11) is 0. The molecule has 0 bridgehead atoms. The number of benzene rings is 2. The van der Waals surface area contributed by atoms with Gasteiger partial charge in [0.05, 0.1) is 30.4 Å². The van der Waals surface area contributed by atoms with Crippen molar-refractivity contribution in [2.24, 2.45) is 0 Å². The second-order valence-electron chi connectivity index (χ2n) is 9.03. The molecular weight excluding hydrogens is 558 g/mol. The minimum Gasteiger partial charge on any atom is -0.481 e. The van der Waals surface area contributed by atoms with Gasteiger partial charge in [0.15, 0.2) is 0 Å². The molecule has 0 aliphatic carbocycles. The Hall–Kier alpha value is -4.88. The van der Waals surface area contributed by atoms with Crippen LogP contribution in [0.15, 0.2) is 54.7 Å². The number of anilines is 2. The van der Waals surface area contributed by atoms with Gasteiger partial charge in [-0.15, -0.1) is 0 Å². The average molecular weight is 582 g/mol. The molecule has 1 aromatic heterocycles. The monoisotopic (exact) mass is 581 g/mol. The molecule has 0 fully saturated rings. The Morgan fingerprint density at radius 1 is 1.12 bits per heavy atom. The van der Waals surface area contributed by atoms with Gasteiger partial charge in [-0.1, -0.05) is 35.9 Å². The van der Waals surface area contributed by atoms with E-state index in [2.05, 4.69) is 15.6 Å². The van der Waals surface area contributed by atoms with E-state index in [0.29, 0.717) is 5.39 Å². The number of aliphatic hydroxyl groups is 1. The fraction of sp³-hybridized carbons (Fsp3) is 0.222. The highest BCUT2D eigenvalue weighted by Gasteiger charge is 2.38. The molecule has 1 aliphatic rings. The Labute approximate surface area is 237 Å². The molecular formula is C27H24ClN5O8. The van der Waals surface area contributed by atoms with Crippen molar-refractivity contribution in [3.8, 4) is 0 Å². The van der Waals surface area contributed by atoms with Gasteiger partial charge < -0.3 is 30.5 Å². The van der Waals surface area contributed by atoms with Gasteiger partial charge in [0.2, 0.25) is 5.91 Å². The SMILES string of the molecule is O=C[C@H](CC(=O)O)NC(=O)CN1C(=O)[C@@H](NC(=O)c2nccc3ccccc23)CN(C(=O)CO)c2cc(Cl)ccc21. The molecule has 4 rings (SSSR count). The third-order valence-electron chi connectivity index (χ3n) is 6.29. The maximum atomic E-state index is 13.9. The number of amides is 4. The summed E-state index contributed by atoms with van der Waals surface area (Å²) in [6.07, 6.45) is 1.01. The number of carbonyl (C=O) groups is 6. The lowest BCUT2D eigenvalue weighted by atomic mass is 10.1. The maximum absolute atomic E-state index is 13.9. The molecule has 2 atom stereocenters. The molecule has 1 aliphatic heterocycles. The number of aliphatic carboxylic acids is 1. The van der Waals surface area contributed by atoms with Crippen LogP contribution in [0, 0.1) is 0 Å². The zero-order chi connectivity index (χ0) is 29.7. The molecule has 41 heavy (non-hydrogen) atoms. The molecule has 0 unspecified atom stereocenters. The Morgan fingerprint density at radius 2 is 1.88 bits per heavy atom. The van der Waals surface area contributed by atoms with Crippen molar-refractivity contribution in [3.63, 3.8) is 0 Å². The first-order valence-corrected chi connectivity index (χ1v) is 12.6. The number of carbonyl (C=O) groups excluding carboxylic acids is 5. The Morgan fingerprint density at radius 3 is 2.59 bits per heavy atom. The summed E-state index contributed by atoms with van der Waals surface area (Å²) < 4.78 is 0. The van der Waals surface area contributed by atoms with E-state index in [1.54, 1.807) is 30.3 Å². The summed E-state index contributed by atoms with van der Waals surface area (Å²) in [4.78, 5) is 81.4. The largest absolute Gasteiger partial charge is 0.481 e. The predicted octanol–water partition coefficient (Wildman–Crippen LogP) is 0.517. The van der Waals surface area contributed by atoms with E-state index >= 15 is 0 Å². The van der Waals surface area contributed by atoms with Crippen LogP contribution >= 0.6 is 11.6 Å². The van der Waals surface area contributed by atoms with Crippen LogP contribution in [0.5, 0.6) is 0 Å². The first-order valence-electron chi connectivity index (χ1n) is 12.3. The minimum atomic E-state index is -1.42. The topological polar surface area (TPSA) is 186 Å². The number of hydrogen-bond acceptors (Lipinski definition) is 8. The molecule has 212 valence electrons. The van der Waals surface area contributed by atoms with Gasteiger partial charge in [-0.3, -0.25) is 33.9 Å². The van der Waals surface area contributed by atoms with E-state index < -0.39 is 67.8 Å². The summed E-state index contributed by atoms with van der Waals surface area (Å²) in [5, 5.41) is 24.9. The van der Waals surface area contributed by atoms with Crippen LogP contribution in [0.4, 0.5) is 11.4 Å². The smallest absolute Gasteiger partial charge is 0.305 e. The summed E-state index contributed by atoms with van der Waals surface area (Å²) >= 11 is 6.17. The van der Waals surface area contributed by atoms with Crippen LogP contribution in [0.2, 0.25) is 5.02 Å². The Kier molecular flexibility index (Phi) is 8.90. The number of nitrogens with zero attached hydrogens (tertiary/aromatic N) is 3. The molecule has 2 aromatic carbocycles. The van der Waals surface area contributed by atoms with Gasteiger partial charge in [-0.25, -0.2) is 0 Å². The fourth-order valence-electron chi connectivity index (χ4n) is 4.44. The van der Waals surface area contributed by atoms with Crippen LogP contribution in [0.3, 0.4) is 0 Å². The highest BCUT2D eigenvalue weighted by molar-refractivity contribution is 6.31. The van der Waals surface area contributed by atoms with Crippen LogP contribution in [0.1, 0.15) is 16.9 Å². The van der Waals surface area contributed by atoms with E-state index in [1.807, 2.05) is 0 Å². The minimum absolute atomic E-state index is 0.0209. The summed E-state index contributed by atoms with van der Waals surface area (Å²) in [5.74, 6) is -4.53. The number of carboxylic acid groups (broad SMARTS) is 1. The Balaban J connectivity index is 1.72. The number of halogens is 1.